The van der Waals surface area contributed by atoms with Crippen LogP contribution in [0.1, 0.15) is 21.6 Å². The molecular weight excluding hydrogens is 300 g/mol. The molecule has 0 amide bonds. The second kappa shape index (κ2) is 3.84. The molecule has 0 aliphatic heterocycles. The predicted molar refractivity (Wildman–Crippen MR) is 67.8 cm³/mol. The van der Waals surface area contributed by atoms with Crippen molar-refractivity contribution in [3.05, 3.63) is 33.4 Å². The van der Waals surface area contributed by atoms with Crippen molar-refractivity contribution in [1.82, 2.24) is 10.2 Å². The van der Waals surface area contributed by atoms with E-state index >= 15 is 0 Å². The quantitative estimate of drug-likeness (QED) is 0.754. The number of nitrogens with zero attached hydrogens (tertiary/aromatic N) is 1. The van der Waals surface area contributed by atoms with E-state index in [2.05, 4.69) is 26.1 Å². The van der Waals surface area contributed by atoms with E-state index < -0.39 is 5.97 Å². The van der Waals surface area contributed by atoms with Crippen LogP contribution in [0.25, 0.3) is 11.3 Å². The molecule has 0 unspecified atom stereocenters. The van der Waals surface area contributed by atoms with Crippen molar-refractivity contribution in [2.45, 2.75) is 12.8 Å². The fourth-order valence-corrected chi connectivity index (χ4v) is 2.64. The molecule has 1 aliphatic rings. The van der Waals surface area contributed by atoms with Crippen molar-refractivity contribution in [2.24, 2.45) is 0 Å². The fraction of sp³-hybridized carbons (Fsp3) is 0.167. The van der Waals surface area contributed by atoms with Crippen molar-refractivity contribution in [3.8, 4) is 17.0 Å². The van der Waals surface area contributed by atoms with Crippen LogP contribution in [0, 0.1) is 0 Å². The number of aryl methyl sites for hydroxylation is 1. The molecule has 18 heavy (non-hydrogen) atoms. The fourth-order valence-electron chi connectivity index (χ4n) is 2.30. The maximum absolute atomic E-state index is 11.0. The summed E-state index contributed by atoms with van der Waals surface area (Å²) in [6.07, 6.45) is 1.31. The van der Waals surface area contributed by atoms with Gasteiger partial charge in [-0.25, -0.2) is 4.79 Å². The first-order valence-electron chi connectivity index (χ1n) is 5.40. The van der Waals surface area contributed by atoms with Gasteiger partial charge >= 0.3 is 5.97 Å². The summed E-state index contributed by atoms with van der Waals surface area (Å²) in [4.78, 5) is 11.0. The van der Waals surface area contributed by atoms with E-state index in [4.69, 9.17) is 5.11 Å². The highest BCUT2D eigenvalue weighted by atomic mass is 79.9. The minimum Gasteiger partial charge on any atom is -0.507 e. The van der Waals surface area contributed by atoms with Crippen LogP contribution < -0.4 is 0 Å². The number of aromatic hydroxyl groups is 1. The van der Waals surface area contributed by atoms with Gasteiger partial charge in [0.15, 0.2) is 0 Å². The third kappa shape index (κ3) is 1.53. The molecule has 0 saturated heterocycles. The molecule has 2 aromatic rings. The number of phenolic OH excluding ortho intramolecular Hbond substituents is 1. The van der Waals surface area contributed by atoms with E-state index in [9.17, 15) is 9.90 Å². The molecule has 3 N–H and O–H groups in total. The smallest absolute Gasteiger partial charge is 0.354 e. The standard InChI is InChI=1S/C12H9BrN2O3/c13-8-4-7-5(3-9(8)16)1-2-6-10(7)14-15-11(6)12(17)18/h3-4,16H,1-2H2,(H,14,15)(H,17,18). The van der Waals surface area contributed by atoms with E-state index in [-0.39, 0.29) is 11.4 Å². The Hall–Kier alpha value is -1.82. The summed E-state index contributed by atoms with van der Waals surface area (Å²) < 4.78 is 0.578. The normalized spacial score (nSPS) is 12.9. The summed E-state index contributed by atoms with van der Waals surface area (Å²) in [6, 6.07) is 3.46. The van der Waals surface area contributed by atoms with Crippen LogP contribution in [-0.2, 0) is 12.8 Å². The summed E-state index contributed by atoms with van der Waals surface area (Å²) in [5.74, 6) is -0.809. The minimum absolute atomic E-state index is 0.153. The van der Waals surface area contributed by atoms with E-state index in [0.717, 1.165) is 16.7 Å². The Labute approximate surface area is 111 Å². The molecular formula is C12H9BrN2O3. The Kier molecular flexibility index (Phi) is 2.41. The van der Waals surface area contributed by atoms with Gasteiger partial charge in [-0.15, -0.1) is 0 Å². The van der Waals surface area contributed by atoms with Crippen LogP contribution in [0.15, 0.2) is 16.6 Å². The Morgan fingerprint density at radius 3 is 2.89 bits per heavy atom. The van der Waals surface area contributed by atoms with Crippen LogP contribution in [0.5, 0.6) is 5.75 Å². The zero-order valence-electron chi connectivity index (χ0n) is 9.20. The monoisotopic (exact) mass is 308 g/mol. The zero-order chi connectivity index (χ0) is 12.9. The number of carboxylic acids is 1. The van der Waals surface area contributed by atoms with Crippen molar-refractivity contribution in [2.75, 3.05) is 0 Å². The molecule has 0 bridgehead atoms. The molecule has 92 valence electrons. The highest BCUT2D eigenvalue weighted by Gasteiger charge is 2.25. The number of H-pyrrole nitrogens is 1. The van der Waals surface area contributed by atoms with Crippen molar-refractivity contribution < 1.29 is 15.0 Å². The molecule has 1 aromatic heterocycles. The first-order chi connectivity index (χ1) is 8.58. The lowest BCUT2D eigenvalue weighted by atomic mass is 9.89. The number of rotatable bonds is 1. The van der Waals surface area contributed by atoms with Gasteiger partial charge in [0.05, 0.1) is 10.2 Å². The first kappa shape index (κ1) is 11.3. The lowest BCUT2D eigenvalue weighted by Crippen LogP contribution is -2.07. The van der Waals surface area contributed by atoms with Crippen LogP contribution in [-0.4, -0.2) is 26.4 Å². The van der Waals surface area contributed by atoms with Crippen LogP contribution >= 0.6 is 15.9 Å². The molecule has 1 aromatic carbocycles. The summed E-state index contributed by atoms with van der Waals surface area (Å²) in [7, 11) is 0. The average Bonchev–Trinajstić information content (AvgIpc) is 2.75. The van der Waals surface area contributed by atoms with Gasteiger partial charge < -0.3 is 10.2 Å². The van der Waals surface area contributed by atoms with Crippen LogP contribution in [0.4, 0.5) is 0 Å². The maximum atomic E-state index is 11.0. The first-order valence-corrected chi connectivity index (χ1v) is 6.19. The molecule has 0 fully saturated rings. The summed E-state index contributed by atoms with van der Waals surface area (Å²) >= 11 is 3.26. The molecule has 6 heteroatoms. The van der Waals surface area contributed by atoms with Crippen LogP contribution in [0.3, 0.4) is 0 Å². The van der Waals surface area contributed by atoms with Gasteiger partial charge in [-0.1, -0.05) is 0 Å². The van der Waals surface area contributed by atoms with Gasteiger partial charge in [0.25, 0.3) is 0 Å². The molecule has 0 spiro atoms. The third-order valence-corrected chi connectivity index (χ3v) is 3.79. The van der Waals surface area contributed by atoms with Gasteiger partial charge in [0, 0.05) is 11.1 Å². The van der Waals surface area contributed by atoms with Gasteiger partial charge in [0.1, 0.15) is 11.4 Å². The van der Waals surface area contributed by atoms with Gasteiger partial charge in [-0.2, -0.15) is 5.10 Å². The Morgan fingerprint density at radius 1 is 1.39 bits per heavy atom. The zero-order valence-corrected chi connectivity index (χ0v) is 10.8. The number of carbonyl (C=O) groups is 1. The molecule has 5 nitrogen and oxygen atoms in total. The molecule has 3 rings (SSSR count). The molecule has 0 saturated carbocycles. The number of benzene rings is 1. The Balaban J connectivity index is 2.23. The number of carboxylic acid groups (broad SMARTS) is 1. The highest BCUT2D eigenvalue weighted by molar-refractivity contribution is 9.10. The maximum Gasteiger partial charge on any atom is 0.354 e. The number of aromatic carboxylic acids is 1. The van der Waals surface area contributed by atoms with E-state index in [1.54, 1.807) is 12.1 Å². The number of phenols is 1. The predicted octanol–water partition coefficient (Wildman–Crippen LogP) is 2.34. The van der Waals surface area contributed by atoms with Gasteiger partial charge in [-0.05, 0) is 46.5 Å². The minimum atomic E-state index is -0.995. The molecule has 0 radical (unpaired) electrons. The van der Waals surface area contributed by atoms with E-state index in [1.807, 2.05) is 0 Å². The van der Waals surface area contributed by atoms with E-state index in [1.165, 1.54) is 0 Å². The molecule has 1 heterocycles. The highest BCUT2D eigenvalue weighted by Crippen LogP contribution is 2.38. The summed E-state index contributed by atoms with van der Waals surface area (Å²) in [5.41, 5.74) is 3.39. The number of hydrogen-bond donors (Lipinski definition) is 3. The number of halogens is 1. The Bertz CT molecular complexity index is 664. The topological polar surface area (TPSA) is 86.2 Å². The molecule has 0 atom stereocenters. The van der Waals surface area contributed by atoms with Crippen molar-refractivity contribution in [3.63, 3.8) is 0 Å². The lowest BCUT2D eigenvalue weighted by Gasteiger charge is -2.16. The van der Waals surface area contributed by atoms with Gasteiger partial charge in [0.2, 0.25) is 0 Å². The number of nitrogens with one attached hydrogen (secondary N) is 1. The summed E-state index contributed by atoms with van der Waals surface area (Å²) in [5, 5.41) is 25.3. The van der Waals surface area contributed by atoms with Crippen LogP contribution in [0.2, 0.25) is 0 Å². The number of aromatic amines is 1. The van der Waals surface area contributed by atoms with E-state index in [0.29, 0.717) is 23.0 Å². The van der Waals surface area contributed by atoms with Crippen molar-refractivity contribution in [1.29, 1.82) is 0 Å². The second-order valence-corrected chi connectivity index (χ2v) is 5.05. The second-order valence-electron chi connectivity index (χ2n) is 4.19. The lowest BCUT2D eigenvalue weighted by molar-refractivity contribution is 0.0689. The summed E-state index contributed by atoms with van der Waals surface area (Å²) in [6.45, 7) is 0. The number of aromatic nitrogens is 2. The number of fused-ring (bicyclic) bond motifs is 3. The molecule has 1 aliphatic carbocycles. The largest absolute Gasteiger partial charge is 0.507 e. The SMILES string of the molecule is O=C(O)c1[nH]nc2c1CCc1cc(O)c(Br)cc1-2. The van der Waals surface area contributed by atoms with Gasteiger partial charge in [-0.3, -0.25) is 5.10 Å². The Morgan fingerprint density at radius 2 is 2.17 bits per heavy atom. The number of hydrogen-bond acceptors (Lipinski definition) is 3. The van der Waals surface area contributed by atoms with Crippen molar-refractivity contribution >= 4 is 21.9 Å². The third-order valence-electron chi connectivity index (χ3n) is 3.15. The average molecular weight is 309 g/mol.